The number of methoxy groups -OCH3 is 1. The Bertz CT molecular complexity index is 1310. The van der Waals surface area contributed by atoms with Crippen molar-refractivity contribution < 1.29 is 14.3 Å². The van der Waals surface area contributed by atoms with Crippen LogP contribution in [-0.2, 0) is 11.4 Å². The minimum absolute atomic E-state index is 0.0801. The van der Waals surface area contributed by atoms with Crippen molar-refractivity contribution in [3.8, 4) is 17.6 Å². The highest BCUT2D eigenvalue weighted by molar-refractivity contribution is 6.42. The Morgan fingerprint density at radius 2 is 1.82 bits per heavy atom. The Balaban J connectivity index is 1.83. The summed E-state index contributed by atoms with van der Waals surface area (Å²) in [5.41, 5.74) is 3.84. The molecule has 3 aromatic rings. The van der Waals surface area contributed by atoms with Crippen LogP contribution in [0.5, 0.6) is 11.5 Å². The lowest BCUT2D eigenvalue weighted by Crippen LogP contribution is -2.14. The highest BCUT2D eigenvalue weighted by atomic mass is 35.5. The van der Waals surface area contributed by atoms with Crippen molar-refractivity contribution >= 4 is 52.5 Å². The van der Waals surface area contributed by atoms with Crippen LogP contribution in [-0.4, -0.2) is 13.0 Å². The van der Waals surface area contributed by atoms with Crippen LogP contribution in [0.2, 0.25) is 15.1 Å². The topological polar surface area (TPSA) is 71.3 Å². The average molecular weight is 516 g/mol. The summed E-state index contributed by atoms with van der Waals surface area (Å²) in [5.74, 6) is 0.156. The van der Waals surface area contributed by atoms with Gasteiger partial charge in [0.1, 0.15) is 18.2 Å². The number of halogens is 3. The molecule has 174 valence electrons. The maximum absolute atomic E-state index is 12.7. The second-order valence-electron chi connectivity index (χ2n) is 7.44. The van der Waals surface area contributed by atoms with Gasteiger partial charge in [0.15, 0.2) is 11.5 Å². The molecule has 0 radical (unpaired) electrons. The van der Waals surface area contributed by atoms with Crippen molar-refractivity contribution in [2.75, 3.05) is 12.4 Å². The van der Waals surface area contributed by atoms with Crippen LogP contribution in [0.15, 0.2) is 54.1 Å². The lowest BCUT2D eigenvalue weighted by Gasteiger charge is -2.14. The number of nitrogens with one attached hydrogen (secondary N) is 1. The Hall–Kier alpha value is -3.17. The number of rotatable bonds is 7. The van der Waals surface area contributed by atoms with E-state index < -0.39 is 5.91 Å². The zero-order valence-corrected chi connectivity index (χ0v) is 21.0. The van der Waals surface area contributed by atoms with Gasteiger partial charge in [-0.25, -0.2) is 0 Å². The van der Waals surface area contributed by atoms with Crippen molar-refractivity contribution in [3.05, 3.63) is 91.4 Å². The smallest absolute Gasteiger partial charge is 0.266 e. The van der Waals surface area contributed by atoms with Crippen LogP contribution < -0.4 is 14.8 Å². The molecule has 0 aliphatic heterocycles. The third-order valence-corrected chi connectivity index (χ3v) is 6.17. The summed E-state index contributed by atoms with van der Waals surface area (Å²) in [7, 11) is 1.48. The number of aryl methyl sites for hydroxylation is 1. The molecule has 8 heteroatoms. The summed E-state index contributed by atoms with van der Waals surface area (Å²) in [6.07, 6.45) is 1.44. The second-order valence-corrected chi connectivity index (χ2v) is 8.66. The van der Waals surface area contributed by atoms with E-state index in [1.807, 2.05) is 32.0 Å². The summed E-state index contributed by atoms with van der Waals surface area (Å²) < 4.78 is 11.3. The summed E-state index contributed by atoms with van der Waals surface area (Å²) >= 11 is 18.5. The predicted octanol–water partition coefficient (Wildman–Crippen LogP) is 7.40. The predicted molar refractivity (Wildman–Crippen MR) is 137 cm³/mol. The largest absolute Gasteiger partial charge is 0.493 e. The molecule has 34 heavy (non-hydrogen) atoms. The normalized spacial score (nSPS) is 11.0. The minimum atomic E-state index is -0.522. The number of anilines is 1. The van der Waals surface area contributed by atoms with Crippen LogP contribution in [0.1, 0.15) is 22.3 Å². The molecule has 0 saturated carbocycles. The number of benzene rings is 3. The monoisotopic (exact) mass is 514 g/mol. The Labute approximate surface area is 213 Å². The summed E-state index contributed by atoms with van der Waals surface area (Å²) in [4.78, 5) is 12.7. The first-order valence-corrected chi connectivity index (χ1v) is 11.3. The first-order chi connectivity index (χ1) is 16.2. The van der Waals surface area contributed by atoms with E-state index in [0.29, 0.717) is 32.8 Å². The lowest BCUT2D eigenvalue weighted by atomic mass is 10.1. The van der Waals surface area contributed by atoms with E-state index in [0.717, 1.165) is 16.7 Å². The van der Waals surface area contributed by atoms with Crippen molar-refractivity contribution in [3.63, 3.8) is 0 Å². The molecule has 0 aliphatic carbocycles. The molecule has 0 heterocycles. The average Bonchev–Trinajstić information content (AvgIpc) is 2.81. The number of hydrogen-bond donors (Lipinski definition) is 1. The molecule has 5 nitrogen and oxygen atoms in total. The lowest BCUT2D eigenvalue weighted by molar-refractivity contribution is -0.112. The number of carbonyl (C=O) groups is 1. The van der Waals surface area contributed by atoms with Gasteiger partial charge in [0, 0.05) is 5.69 Å². The van der Waals surface area contributed by atoms with E-state index in [4.69, 9.17) is 44.3 Å². The third kappa shape index (κ3) is 6.03. The van der Waals surface area contributed by atoms with Crippen LogP contribution in [0.4, 0.5) is 5.69 Å². The molecule has 0 unspecified atom stereocenters. The number of hydrogen-bond acceptors (Lipinski definition) is 4. The number of ether oxygens (including phenoxy) is 2. The van der Waals surface area contributed by atoms with E-state index >= 15 is 0 Å². The summed E-state index contributed by atoms with van der Waals surface area (Å²) in [6.45, 7) is 4.04. The van der Waals surface area contributed by atoms with Gasteiger partial charge in [-0.05, 0) is 72.5 Å². The van der Waals surface area contributed by atoms with Gasteiger partial charge in [-0.15, -0.1) is 0 Å². The van der Waals surface area contributed by atoms with Gasteiger partial charge >= 0.3 is 0 Å². The molecule has 1 N–H and O–H groups in total. The molecule has 0 bridgehead atoms. The number of nitriles is 1. The molecule has 0 spiro atoms. The highest BCUT2D eigenvalue weighted by Crippen LogP contribution is 2.38. The molecular formula is C26H21Cl3N2O3. The van der Waals surface area contributed by atoms with E-state index in [-0.39, 0.29) is 17.2 Å². The highest BCUT2D eigenvalue weighted by Gasteiger charge is 2.15. The third-order valence-electron chi connectivity index (χ3n) is 5.15. The van der Waals surface area contributed by atoms with E-state index in [1.165, 1.54) is 13.2 Å². The van der Waals surface area contributed by atoms with Crippen molar-refractivity contribution in [2.45, 2.75) is 20.5 Å². The fraction of sp³-hybridized carbons (Fsp3) is 0.154. The maximum Gasteiger partial charge on any atom is 0.266 e. The second kappa shape index (κ2) is 11.3. The minimum Gasteiger partial charge on any atom is -0.493 e. The quantitative estimate of drug-likeness (QED) is 0.263. The van der Waals surface area contributed by atoms with Crippen LogP contribution in [0.3, 0.4) is 0 Å². The fourth-order valence-electron chi connectivity index (χ4n) is 3.14. The van der Waals surface area contributed by atoms with E-state index in [2.05, 4.69) is 5.32 Å². The number of nitrogens with zero attached hydrogens (tertiary/aromatic N) is 1. The first-order valence-electron chi connectivity index (χ1n) is 10.2. The SMILES string of the molecule is COc1cc(/C=C(\C#N)C(=O)Nc2cccc(C)c2C)cc(Cl)c1OCc1ccc(Cl)c(Cl)c1. The maximum atomic E-state index is 12.7. The summed E-state index contributed by atoms with van der Waals surface area (Å²) in [6, 6.07) is 15.9. The van der Waals surface area contributed by atoms with Crippen molar-refractivity contribution in [1.29, 1.82) is 5.26 Å². The molecule has 3 aromatic carbocycles. The first kappa shape index (κ1) is 25.5. The molecule has 3 rings (SSSR count). The van der Waals surface area contributed by atoms with E-state index in [1.54, 1.807) is 36.4 Å². The molecule has 0 aromatic heterocycles. The van der Waals surface area contributed by atoms with E-state index in [9.17, 15) is 10.1 Å². The molecule has 0 atom stereocenters. The van der Waals surface area contributed by atoms with Crippen LogP contribution in [0.25, 0.3) is 6.08 Å². The van der Waals surface area contributed by atoms with Crippen LogP contribution >= 0.6 is 34.8 Å². The Kier molecular flexibility index (Phi) is 8.46. The standard InChI is InChI=1S/C26H21Cl3N2O3/c1-15-5-4-6-23(16(15)2)31-26(32)19(13-30)9-18-11-22(29)25(24(12-18)33-3)34-14-17-7-8-20(27)21(28)10-17/h4-12H,14H2,1-3H3,(H,31,32)/b19-9+. The molecule has 0 fully saturated rings. The van der Waals surface area contributed by atoms with Crippen molar-refractivity contribution in [2.24, 2.45) is 0 Å². The van der Waals surface area contributed by atoms with Gasteiger partial charge in [0.05, 0.1) is 22.2 Å². The molecule has 0 aliphatic rings. The molecule has 1 amide bonds. The number of carbonyl (C=O) groups excluding carboxylic acids is 1. The van der Waals surface area contributed by atoms with Gasteiger partial charge < -0.3 is 14.8 Å². The zero-order chi connectivity index (χ0) is 24.8. The zero-order valence-electron chi connectivity index (χ0n) is 18.7. The van der Waals surface area contributed by atoms with Gasteiger partial charge in [-0.2, -0.15) is 5.26 Å². The summed E-state index contributed by atoms with van der Waals surface area (Å²) in [5, 5.41) is 13.5. The van der Waals surface area contributed by atoms with Gasteiger partial charge in [-0.3, -0.25) is 4.79 Å². The van der Waals surface area contributed by atoms with Gasteiger partial charge in [-0.1, -0.05) is 53.0 Å². The van der Waals surface area contributed by atoms with Crippen molar-refractivity contribution in [1.82, 2.24) is 0 Å². The Morgan fingerprint density at radius 1 is 1.06 bits per heavy atom. The Morgan fingerprint density at radius 3 is 2.50 bits per heavy atom. The van der Waals surface area contributed by atoms with Gasteiger partial charge in [0.2, 0.25) is 0 Å². The fourth-order valence-corrected chi connectivity index (χ4v) is 3.73. The number of amides is 1. The molecular weight excluding hydrogens is 495 g/mol. The molecule has 0 saturated heterocycles. The van der Waals surface area contributed by atoms with Gasteiger partial charge in [0.25, 0.3) is 5.91 Å². The van der Waals surface area contributed by atoms with Crippen LogP contribution in [0, 0.1) is 25.2 Å².